The Morgan fingerprint density at radius 3 is 3.08 bits per heavy atom. The van der Waals surface area contributed by atoms with Gasteiger partial charge in [-0.1, -0.05) is 0 Å². The van der Waals surface area contributed by atoms with Gasteiger partial charge in [-0.05, 0) is 6.42 Å². The first-order valence-electron chi connectivity index (χ1n) is 4.14. The lowest BCUT2D eigenvalue weighted by atomic mass is 9.93. The van der Waals surface area contributed by atoms with E-state index < -0.39 is 24.1 Å². The average molecular weight is 186 g/mol. The molecule has 72 valence electrons. The van der Waals surface area contributed by atoms with Gasteiger partial charge in [-0.3, -0.25) is 9.59 Å². The second kappa shape index (κ2) is 2.99. The molecule has 2 aliphatic heterocycles. The number of ether oxygens (including phenoxy) is 3. The number of hydrogen-bond acceptors (Lipinski definition) is 5. The standard InChI is InChI=1S/C8H10O5/c1-11-6(9)5-4-2-3-12-8(4)13-7(5)10/h4-5,8H,2-3H2,1H3/t4-,5-,8+/m1/s1. The summed E-state index contributed by atoms with van der Waals surface area (Å²) >= 11 is 0. The molecular weight excluding hydrogens is 176 g/mol. The van der Waals surface area contributed by atoms with Gasteiger partial charge in [0.1, 0.15) is 0 Å². The molecule has 0 spiro atoms. The summed E-state index contributed by atoms with van der Waals surface area (Å²) in [5.41, 5.74) is 0. The Morgan fingerprint density at radius 1 is 1.62 bits per heavy atom. The lowest BCUT2D eigenvalue weighted by molar-refractivity contribution is -0.162. The van der Waals surface area contributed by atoms with E-state index in [0.29, 0.717) is 13.0 Å². The molecule has 0 amide bonds. The molecular formula is C8H10O5. The number of fused-ring (bicyclic) bond motifs is 1. The highest BCUT2D eigenvalue weighted by molar-refractivity contribution is 5.96. The molecule has 0 aromatic rings. The quantitative estimate of drug-likeness (QED) is 0.415. The Hall–Kier alpha value is -1.10. The summed E-state index contributed by atoms with van der Waals surface area (Å²) < 4.78 is 14.5. The predicted octanol–water partition coefficient (Wildman–Crippen LogP) is -0.305. The Balaban J connectivity index is 2.16. The third-order valence-corrected chi connectivity index (χ3v) is 2.45. The number of methoxy groups -OCH3 is 1. The molecule has 0 bridgehead atoms. The SMILES string of the molecule is COC(=O)[C@@H]1C(=O)O[C@@H]2OCC[C@@H]21. The molecule has 5 nitrogen and oxygen atoms in total. The topological polar surface area (TPSA) is 61.8 Å². The number of rotatable bonds is 1. The van der Waals surface area contributed by atoms with Gasteiger partial charge in [0.25, 0.3) is 0 Å². The Kier molecular flexibility index (Phi) is 1.95. The van der Waals surface area contributed by atoms with Crippen molar-refractivity contribution in [1.29, 1.82) is 0 Å². The molecule has 0 unspecified atom stereocenters. The zero-order chi connectivity index (χ0) is 9.42. The summed E-state index contributed by atoms with van der Waals surface area (Å²) in [7, 11) is 1.26. The lowest BCUT2D eigenvalue weighted by Gasteiger charge is -2.08. The van der Waals surface area contributed by atoms with Crippen molar-refractivity contribution < 1.29 is 23.8 Å². The molecule has 2 saturated heterocycles. The smallest absolute Gasteiger partial charge is 0.323 e. The Labute approximate surface area is 74.9 Å². The molecule has 0 aromatic heterocycles. The fourth-order valence-electron chi connectivity index (χ4n) is 1.79. The molecule has 0 aromatic carbocycles. The van der Waals surface area contributed by atoms with E-state index in [2.05, 4.69) is 4.74 Å². The van der Waals surface area contributed by atoms with Crippen molar-refractivity contribution in [3.8, 4) is 0 Å². The van der Waals surface area contributed by atoms with E-state index >= 15 is 0 Å². The maximum Gasteiger partial charge on any atom is 0.323 e. The third kappa shape index (κ3) is 1.19. The van der Waals surface area contributed by atoms with E-state index in [1.165, 1.54) is 7.11 Å². The van der Waals surface area contributed by atoms with Crippen molar-refractivity contribution in [3.63, 3.8) is 0 Å². The molecule has 13 heavy (non-hydrogen) atoms. The summed E-state index contributed by atoms with van der Waals surface area (Å²) in [6.45, 7) is 0.538. The van der Waals surface area contributed by atoms with Crippen LogP contribution in [0.3, 0.4) is 0 Å². The summed E-state index contributed by atoms with van der Waals surface area (Å²) in [6, 6.07) is 0. The van der Waals surface area contributed by atoms with E-state index in [1.807, 2.05) is 0 Å². The second-order valence-corrected chi connectivity index (χ2v) is 3.13. The fraction of sp³-hybridized carbons (Fsp3) is 0.750. The molecule has 0 saturated carbocycles. The highest BCUT2D eigenvalue weighted by Crippen LogP contribution is 2.36. The molecule has 0 radical (unpaired) electrons. The van der Waals surface area contributed by atoms with Gasteiger partial charge in [0.2, 0.25) is 6.29 Å². The van der Waals surface area contributed by atoms with Crippen LogP contribution in [0.15, 0.2) is 0 Å². The molecule has 2 rings (SSSR count). The highest BCUT2D eigenvalue weighted by atomic mass is 16.7. The summed E-state index contributed by atoms with van der Waals surface area (Å²) in [4.78, 5) is 22.4. The molecule has 0 aliphatic carbocycles. The van der Waals surface area contributed by atoms with Gasteiger partial charge in [-0.2, -0.15) is 0 Å². The monoisotopic (exact) mass is 186 g/mol. The number of carbonyl (C=O) groups is 2. The van der Waals surface area contributed by atoms with Gasteiger partial charge in [0.15, 0.2) is 5.92 Å². The van der Waals surface area contributed by atoms with Gasteiger partial charge in [-0.15, -0.1) is 0 Å². The average Bonchev–Trinajstić information content (AvgIpc) is 2.62. The van der Waals surface area contributed by atoms with Gasteiger partial charge in [0, 0.05) is 5.92 Å². The fourth-order valence-corrected chi connectivity index (χ4v) is 1.79. The number of carbonyl (C=O) groups excluding carboxylic acids is 2. The van der Waals surface area contributed by atoms with Gasteiger partial charge in [0.05, 0.1) is 13.7 Å². The van der Waals surface area contributed by atoms with Crippen LogP contribution in [0.5, 0.6) is 0 Å². The van der Waals surface area contributed by atoms with Crippen LogP contribution in [0.4, 0.5) is 0 Å². The zero-order valence-corrected chi connectivity index (χ0v) is 7.19. The van der Waals surface area contributed by atoms with Crippen LogP contribution in [-0.4, -0.2) is 31.9 Å². The minimum absolute atomic E-state index is 0.153. The predicted molar refractivity (Wildman–Crippen MR) is 39.4 cm³/mol. The highest BCUT2D eigenvalue weighted by Gasteiger charge is 2.52. The molecule has 2 aliphatic rings. The number of hydrogen-bond donors (Lipinski definition) is 0. The summed E-state index contributed by atoms with van der Waals surface area (Å²) in [5.74, 6) is -1.98. The van der Waals surface area contributed by atoms with Crippen molar-refractivity contribution in [2.24, 2.45) is 11.8 Å². The lowest BCUT2D eigenvalue weighted by Crippen LogP contribution is -2.26. The van der Waals surface area contributed by atoms with Crippen LogP contribution in [0.25, 0.3) is 0 Å². The molecule has 2 heterocycles. The first-order chi connectivity index (χ1) is 6.24. The van der Waals surface area contributed by atoms with Crippen LogP contribution in [0.2, 0.25) is 0 Å². The third-order valence-electron chi connectivity index (χ3n) is 2.45. The number of esters is 2. The zero-order valence-electron chi connectivity index (χ0n) is 7.19. The first kappa shape index (κ1) is 8.50. The van der Waals surface area contributed by atoms with Crippen molar-refractivity contribution >= 4 is 11.9 Å². The van der Waals surface area contributed by atoms with Crippen LogP contribution in [0, 0.1) is 11.8 Å². The van der Waals surface area contributed by atoms with Gasteiger partial charge < -0.3 is 14.2 Å². The van der Waals surface area contributed by atoms with Gasteiger partial charge >= 0.3 is 11.9 Å². The van der Waals surface area contributed by atoms with E-state index in [-0.39, 0.29) is 5.92 Å². The molecule has 3 atom stereocenters. The Morgan fingerprint density at radius 2 is 2.38 bits per heavy atom. The summed E-state index contributed by atoms with van der Waals surface area (Å²) in [6.07, 6.45) is 0.146. The first-order valence-corrected chi connectivity index (χ1v) is 4.14. The molecule has 2 fully saturated rings. The minimum atomic E-state index is -0.780. The minimum Gasteiger partial charge on any atom is -0.468 e. The Bertz CT molecular complexity index is 241. The van der Waals surface area contributed by atoms with Crippen molar-refractivity contribution in [2.75, 3.05) is 13.7 Å². The van der Waals surface area contributed by atoms with Crippen LogP contribution < -0.4 is 0 Å². The van der Waals surface area contributed by atoms with Crippen molar-refractivity contribution in [2.45, 2.75) is 12.7 Å². The maximum atomic E-state index is 11.2. The molecule has 0 N–H and O–H groups in total. The van der Waals surface area contributed by atoms with Gasteiger partial charge in [-0.25, -0.2) is 0 Å². The van der Waals surface area contributed by atoms with Crippen LogP contribution >= 0.6 is 0 Å². The normalized spacial score (nSPS) is 37.0. The van der Waals surface area contributed by atoms with E-state index in [9.17, 15) is 9.59 Å². The van der Waals surface area contributed by atoms with E-state index in [1.54, 1.807) is 0 Å². The molecule has 5 heteroatoms. The van der Waals surface area contributed by atoms with E-state index in [0.717, 1.165) is 0 Å². The largest absolute Gasteiger partial charge is 0.468 e. The van der Waals surface area contributed by atoms with E-state index in [4.69, 9.17) is 9.47 Å². The van der Waals surface area contributed by atoms with Crippen molar-refractivity contribution in [3.05, 3.63) is 0 Å². The summed E-state index contributed by atoms with van der Waals surface area (Å²) in [5, 5.41) is 0. The van der Waals surface area contributed by atoms with Crippen molar-refractivity contribution in [1.82, 2.24) is 0 Å². The second-order valence-electron chi connectivity index (χ2n) is 3.13. The van der Waals surface area contributed by atoms with Crippen LogP contribution in [0.1, 0.15) is 6.42 Å². The van der Waals surface area contributed by atoms with Crippen LogP contribution in [-0.2, 0) is 23.8 Å². The maximum absolute atomic E-state index is 11.2.